The molecule has 0 N–H and O–H groups in total. The van der Waals surface area contributed by atoms with E-state index in [0.29, 0.717) is 17.1 Å². The molecule has 0 unspecified atom stereocenters. The summed E-state index contributed by atoms with van der Waals surface area (Å²) in [5.41, 5.74) is 3.21. The van der Waals surface area contributed by atoms with Crippen molar-refractivity contribution in [3.05, 3.63) is 69.2 Å². The average molecular weight is 521 g/mol. The molecule has 1 fully saturated rings. The second kappa shape index (κ2) is 17.5. The number of hydrogen-bond acceptors (Lipinski definition) is 5. The Hall–Kier alpha value is -1.89. The number of pyridine rings is 1. The Labute approximate surface area is 223 Å². The second-order valence-corrected chi connectivity index (χ2v) is 10.0. The van der Waals surface area contributed by atoms with E-state index in [-0.39, 0.29) is 12.4 Å². The van der Waals surface area contributed by atoms with Gasteiger partial charge in [0.2, 0.25) is 0 Å². The molecular formula is C29H46ClFN4O. The molecule has 0 saturated carbocycles. The molecule has 0 amide bonds. The first-order valence-corrected chi connectivity index (χ1v) is 13.6. The normalized spacial score (nSPS) is 16.0. The highest BCUT2D eigenvalue weighted by molar-refractivity contribution is 6.31. The Morgan fingerprint density at radius 3 is 2.44 bits per heavy atom. The largest absolute Gasteiger partial charge is 0.299 e. The molecular weight excluding hydrogens is 475 g/mol. The van der Waals surface area contributed by atoms with Crippen molar-refractivity contribution in [2.75, 3.05) is 26.2 Å². The fraction of sp³-hybridized carbons (Fsp3) is 0.621. The van der Waals surface area contributed by atoms with Gasteiger partial charge in [0.05, 0.1) is 10.7 Å². The topological polar surface area (TPSA) is 48.8 Å². The van der Waals surface area contributed by atoms with Gasteiger partial charge >= 0.3 is 0 Å². The number of nitroso groups, excluding NO2 is 1. The number of nitrogens with zero attached hydrogens (tertiary/aromatic N) is 4. The predicted molar refractivity (Wildman–Crippen MR) is 152 cm³/mol. The Kier molecular flexibility index (Phi) is 15.7. The maximum atomic E-state index is 14.2. The summed E-state index contributed by atoms with van der Waals surface area (Å²) in [6.45, 7) is 20.4. The summed E-state index contributed by atoms with van der Waals surface area (Å²) in [7, 11) is 0. The molecule has 2 heterocycles. The van der Waals surface area contributed by atoms with Crippen LogP contribution in [0.2, 0.25) is 5.02 Å². The predicted octanol–water partition coefficient (Wildman–Crippen LogP) is 8.04. The highest BCUT2D eigenvalue weighted by Crippen LogP contribution is 2.23. The van der Waals surface area contributed by atoms with E-state index < -0.39 is 0 Å². The van der Waals surface area contributed by atoms with Crippen LogP contribution in [0.25, 0.3) is 0 Å². The lowest BCUT2D eigenvalue weighted by molar-refractivity contribution is 0.0719. The standard InChI is InChI=1S/C22H39FN2.C7H7ClN2O/c1-7-13-25(20(9-3)10-4)21-11-14-24(15-12-21)17-19(6)22(23)16-18(5)8-2;1-5-7(8)2-6(3-9-5)4-10-11/h8,16,20-21H,2,7,9-15,17H2,1,3-6H3;2-3H,4H2,1H3/b18-16-,22-19-;. The molecule has 1 aliphatic rings. The quantitative estimate of drug-likeness (QED) is 0.207. The van der Waals surface area contributed by atoms with Gasteiger partial charge in [-0.05, 0) is 101 Å². The number of halogens is 2. The zero-order valence-corrected chi connectivity index (χ0v) is 24.0. The van der Waals surface area contributed by atoms with Gasteiger partial charge in [-0.3, -0.25) is 14.8 Å². The molecule has 1 saturated heterocycles. The molecule has 0 aliphatic carbocycles. The molecule has 1 aromatic heterocycles. The van der Waals surface area contributed by atoms with Crippen LogP contribution in [-0.4, -0.2) is 53.0 Å². The molecule has 202 valence electrons. The minimum absolute atomic E-state index is 0.107. The van der Waals surface area contributed by atoms with Crippen LogP contribution in [0.5, 0.6) is 0 Å². The van der Waals surface area contributed by atoms with Crippen molar-refractivity contribution in [1.82, 2.24) is 14.8 Å². The Balaban J connectivity index is 0.000000488. The van der Waals surface area contributed by atoms with Crippen molar-refractivity contribution < 1.29 is 4.39 Å². The number of piperidine rings is 1. The molecule has 0 spiro atoms. The van der Waals surface area contributed by atoms with Crippen molar-refractivity contribution in [1.29, 1.82) is 0 Å². The first-order chi connectivity index (χ1) is 17.2. The summed E-state index contributed by atoms with van der Waals surface area (Å²) in [4.78, 5) is 19.0. The zero-order valence-electron chi connectivity index (χ0n) is 23.2. The van der Waals surface area contributed by atoms with Crippen molar-refractivity contribution in [3.63, 3.8) is 0 Å². The van der Waals surface area contributed by atoms with Crippen LogP contribution in [0.15, 0.2) is 53.1 Å². The molecule has 0 radical (unpaired) electrons. The molecule has 1 aromatic rings. The maximum absolute atomic E-state index is 14.2. The van der Waals surface area contributed by atoms with Gasteiger partial charge in [0.25, 0.3) is 0 Å². The summed E-state index contributed by atoms with van der Waals surface area (Å²) in [5, 5.41) is 3.30. The number of likely N-dealkylation sites (tertiary alicyclic amines) is 1. The van der Waals surface area contributed by atoms with Gasteiger partial charge in [0, 0.05) is 24.8 Å². The van der Waals surface area contributed by atoms with Crippen LogP contribution in [0.1, 0.15) is 78.0 Å². The van der Waals surface area contributed by atoms with Crippen molar-refractivity contribution in [2.45, 2.75) is 92.3 Å². The first-order valence-electron chi connectivity index (χ1n) is 13.2. The van der Waals surface area contributed by atoms with E-state index in [4.69, 9.17) is 11.6 Å². The maximum Gasteiger partial charge on any atom is 0.123 e. The monoisotopic (exact) mass is 520 g/mol. The first kappa shape index (κ1) is 32.1. The lowest BCUT2D eigenvalue weighted by atomic mass is 9.98. The lowest BCUT2D eigenvalue weighted by Gasteiger charge is -2.42. The molecule has 1 aliphatic heterocycles. The summed E-state index contributed by atoms with van der Waals surface area (Å²) in [6.07, 6.45) is 11.0. The number of aromatic nitrogens is 1. The lowest BCUT2D eigenvalue weighted by Crippen LogP contribution is -2.49. The Morgan fingerprint density at radius 1 is 1.31 bits per heavy atom. The molecule has 7 heteroatoms. The third-order valence-electron chi connectivity index (χ3n) is 6.79. The summed E-state index contributed by atoms with van der Waals surface area (Å²) in [5.74, 6) is -0.107. The van der Waals surface area contributed by atoms with E-state index in [1.54, 1.807) is 31.3 Å². The minimum Gasteiger partial charge on any atom is -0.299 e. The van der Waals surface area contributed by atoms with E-state index in [0.717, 1.165) is 42.0 Å². The molecule has 2 rings (SSSR count). The SMILES string of the molecule is C=C/C(C)=C\C(F)=C(/C)CN1CCC(N(CCC)C(CC)CC)CC1.Cc1ncc(CN=O)cc1Cl. The van der Waals surface area contributed by atoms with E-state index in [1.807, 2.05) is 13.8 Å². The fourth-order valence-electron chi connectivity index (χ4n) is 4.59. The number of hydrogen-bond donors (Lipinski definition) is 0. The van der Waals surface area contributed by atoms with Gasteiger partial charge in [0.1, 0.15) is 12.4 Å². The highest BCUT2D eigenvalue weighted by atomic mass is 35.5. The van der Waals surface area contributed by atoms with Crippen molar-refractivity contribution in [2.24, 2.45) is 5.18 Å². The van der Waals surface area contributed by atoms with E-state index in [1.165, 1.54) is 38.6 Å². The second-order valence-electron chi connectivity index (χ2n) is 9.63. The van der Waals surface area contributed by atoms with Gasteiger partial charge in [-0.15, -0.1) is 0 Å². The van der Waals surface area contributed by atoms with E-state index in [2.05, 4.69) is 47.3 Å². The van der Waals surface area contributed by atoms with Crippen molar-refractivity contribution in [3.8, 4) is 0 Å². The number of rotatable bonds is 12. The number of aryl methyl sites for hydroxylation is 1. The fourth-order valence-corrected chi connectivity index (χ4v) is 4.78. The zero-order chi connectivity index (χ0) is 27.1. The van der Waals surface area contributed by atoms with E-state index in [9.17, 15) is 9.30 Å². The van der Waals surface area contributed by atoms with Crippen LogP contribution in [0.3, 0.4) is 0 Å². The van der Waals surface area contributed by atoms with Gasteiger partial charge in [-0.25, -0.2) is 4.39 Å². The Bertz CT molecular complexity index is 874. The van der Waals surface area contributed by atoms with Crippen LogP contribution >= 0.6 is 11.6 Å². The van der Waals surface area contributed by atoms with Gasteiger partial charge < -0.3 is 0 Å². The van der Waals surface area contributed by atoms with Gasteiger partial charge in [-0.1, -0.05) is 50.2 Å². The average Bonchev–Trinajstić information content (AvgIpc) is 2.87. The summed E-state index contributed by atoms with van der Waals surface area (Å²) < 4.78 is 14.2. The molecule has 36 heavy (non-hydrogen) atoms. The smallest absolute Gasteiger partial charge is 0.123 e. The minimum atomic E-state index is -0.107. The third-order valence-corrected chi connectivity index (χ3v) is 7.18. The molecule has 0 atom stereocenters. The molecule has 0 bridgehead atoms. The van der Waals surface area contributed by atoms with Crippen LogP contribution in [-0.2, 0) is 6.54 Å². The Morgan fingerprint density at radius 2 is 1.94 bits per heavy atom. The number of allylic oxidation sites excluding steroid dienone is 4. The molecule has 0 aromatic carbocycles. The highest BCUT2D eigenvalue weighted by Gasteiger charge is 2.27. The van der Waals surface area contributed by atoms with Crippen LogP contribution < -0.4 is 0 Å². The molecule has 5 nitrogen and oxygen atoms in total. The van der Waals surface area contributed by atoms with Gasteiger partial charge in [-0.2, -0.15) is 4.91 Å². The van der Waals surface area contributed by atoms with Crippen LogP contribution in [0, 0.1) is 11.8 Å². The third kappa shape index (κ3) is 11.0. The van der Waals surface area contributed by atoms with Crippen molar-refractivity contribution >= 4 is 11.6 Å². The summed E-state index contributed by atoms with van der Waals surface area (Å²) in [6, 6.07) is 3.10. The summed E-state index contributed by atoms with van der Waals surface area (Å²) >= 11 is 5.74. The van der Waals surface area contributed by atoms with Crippen LogP contribution in [0.4, 0.5) is 4.39 Å². The van der Waals surface area contributed by atoms with Gasteiger partial charge in [0.15, 0.2) is 0 Å². The van der Waals surface area contributed by atoms with E-state index >= 15 is 0 Å².